The van der Waals surface area contributed by atoms with Crippen LogP contribution in [-0.2, 0) is 4.79 Å². The SMILES string of the molecule is CC(=O)C(=C(C)O)c1c2ccccc2c(-c2cccc3ccccc23)c2ccccc12. The molecule has 31 heavy (non-hydrogen) atoms. The molecule has 0 aliphatic heterocycles. The van der Waals surface area contributed by atoms with Crippen LogP contribution in [0.2, 0.25) is 0 Å². The summed E-state index contributed by atoms with van der Waals surface area (Å²) < 4.78 is 0. The molecule has 0 atom stereocenters. The molecule has 0 aromatic heterocycles. The maximum absolute atomic E-state index is 12.6. The van der Waals surface area contributed by atoms with Gasteiger partial charge in [0.1, 0.15) is 5.76 Å². The van der Waals surface area contributed by atoms with Crippen LogP contribution in [-0.4, -0.2) is 10.9 Å². The molecule has 5 aromatic rings. The molecular formula is C29H22O2. The molecule has 0 fully saturated rings. The zero-order valence-electron chi connectivity index (χ0n) is 17.5. The number of rotatable bonds is 3. The van der Waals surface area contributed by atoms with E-state index in [4.69, 9.17) is 0 Å². The van der Waals surface area contributed by atoms with Crippen molar-refractivity contribution in [1.82, 2.24) is 0 Å². The molecule has 1 N–H and O–H groups in total. The quantitative estimate of drug-likeness (QED) is 0.191. The van der Waals surface area contributed by atoms with Crippen molar-refractivity contribution in [2.45, 2.75) is 13.8 Å². The summed E-state index contributed by atoms with van der Waals surface area (Å²) in [6.07, 6.45) is 0. The van der Waals surface area contributed by atoms with Gasteiger partial charge >= 0.3 is 0 Å². The Bertz CT molecular complexity index is 1460. The molecule has 2 heteroatoms. The highest BCUT2D eigenvalue weighted by molar-refractivity contribution is 6.30. The third-order valence-electron chi connectivity index (χ3n) is 5.95. The number of carbonyl (C=O) groups excluding carboxylic acids is 1. The van der Waals surface area contributed by atoms with Gasteiger partial charge in [0.25, 0.3) is 0 Å². The lowest BCUT2D eigenvalue weighted by molar-refractivity contribution is -0.111. The van der Waals surface area contributed by atoms with Crippen LogP contribution in [0.5, 0.6) is 0 Å². The molecule has 0 aliphatic carbocycles. The predicted molar refractivity (Wildman–Crippen MR) is 130 cm³/mol. The number of benzene rings is 5. The van der Waals surface area contributed by atoms with Crippen LogP contribution >= 0.6 is 0 Å². The van der Waals surface area contributed by atoms with Gasteiger partial charge in [-0.25, -0.2) is 0 Å². The summed E-state index contributed by atoms with van der Waals surface area (Å²) in [5.74, 6) is -0.103. The lowest BCUT2D eigenvalue weighted by Crippen LogP contribution is -2.02. The molecule has 0 saturated heterocycles. The number of aliphatic hydroxyl groups is 1. The Morgan fingerprint density at radius 2 is 1.10 bits per heavy atom. The van der Waals surface area contributed by atoms with Gasteiger partial charge in [-0.05, 0) is 57.3 Å². The molecule has 0 radical (unpaired) electrons. The van der Waals surface area contributed by atoms with E-state index in [0.717, 1.165) is 38.2 Å². The molecule has 0 amide bonds. The molecule has 0 unspecified atom stereocenters. The molecule has 0 spiro atoms. The Labute approximate surface area is 181 Å². The van der Waals surface area contributed by atoms with Gasteiger partial charge in [-0.1, -0.05) is 91.0 Å². The minimum Gasteiger partial charge on any atom is -0.512 e. The number of aliphatic hydroxyl groups excluding tert-OH is 1. The molecular weight excluding hydrogens is 380 g/mol. The van der Waals surface area contributed by atoms with Crippen LogP contribution in [0.1, 0.15) is 19.4 Å². The van der Waals surface area contributed by atoms with Crippen molar-refractivity contribution in [3.8, 4) is 11.1 Å². The summed E-state index contributed by atoms with van der Waals surface area (Å²) in [6.45, 7) is 3.09. The van der Waals surface area contributed by atoms with Crippen LogP contribution in [0.3, 0.4) is 0 Å². The maximum Gasteiger partial charge on any atom is 0.163 e. The summed E-state index contributed by atoms with van der Waals surface area (Å²) in [7, 11) is 0. The van der Waals surface area contributed by atoms with Gasteiger partial charge in [0, 0.05) is 5.56 Å². The van der Waals surface area contributed by atoms with Gasteiger partial charge in [0.05, 0.1) is 5.57 Å². The number of allylic oxidation sites excluding steroid dienone is 2. The van der Waals surface area contributed by atoms with Crippen molar-refractivity contribution in [3.63, 3.8) is 0 Å². The Kier molecular flexibility index (Phi) is 4.56. The van der Waals surface area contributed by atoms with E-state index in [1.807, 2.05) is 36.4 Å². The Hall–Kier alpha value is -3.91. The second-order valence-corrected chi connectivity index (χ2v) is 7.88. The average Bonchev–Trinajstić information content (AvgIpc) is 2.78. The summed E-state index contributed by atoms with van der Waals surface area (Å²) in [5, 5.41) is 16.9. The molecule has 150 valence electrons. The van der Waals surface area contributed by atoms with E-state index in [-0.39, 0.29) is 11.5 Å². The highest BCUT2D eigenvalue weighted by Gasteiger charge is 2.21. The van der Waals surface area contributed by atoms with E-state index in [2.05, 4.69) is 54.6 Å². The molecule has 5 aromatic carbocycles. The predicted octanol–water partition coefficient (Wildman–Crippen LogP) is 7.69. The molecule has 2 nitrogen and oxygen atoms in total. The van der Waals surface area contributed by atoms with Crippen molar-refractivity contribution in [2.24, 2.45) is 0 Å². The highest BCUT2D eigenvalue weighted by atomic mass is 16.3. The fraction of sp³-hybridized carbons (Fsp3) is 0.0690. The van der Waals surface area contributed by atoms with Crippen LogP contribution in [0.25, 0.3) is 49.0 Å². The third-order valence-corrected chi connectivity index (χ3v) is 5.95. The number of hydrogen-bond acceptors (Lipinski definition) is 2. The van der Waals surface area contributed by atoms with E-state index in [1.165, 1.54) is 17.7 Å². The number of ketones is 1. The van der Waals surface area contributed by atoms with Crippen LogP contribution in [0.4, 0.5) is 0 Å². The van der Waals surface area contributed by atoms with Gasteiger partial charge in [0.2, 0.25) is 0 Å². The van der Waals surface area contributed by atoms with Crippen molar-refractivity contribution in [1.29, 1.82) is 0 Å². The highest BCUT2D eigenvalue weighted by Crippen LogP contribution is 2.44. The monoisotopic (exact) mass is 402 g/mol. The van der Waals surface area contributed by atoms with Crippen LogP contribution < -0.4 is 0 Å². The van der Waals surface area contributed by atoms with E-state index < -0.39 is 0 Å². The van der Waals surface area contributed by atoms with Crippen LogP contribution in [0.15, 0.2) is 96.8 Å². The topological polar surface area (TPSA) is 37.3 Å². The zero-order chi connectivity index (χ0) is 21.5. The molecule has 5 rings (SSSR count). The van der Waals surface area contributed by atoms with Gasteiger partial charge in [0.15, 0.2) is 5.78 Å². The first kappa shape index (κ1) is 19.1. The Balaban J connectivity index is 2.05. The van der Waals surface area contributed by atoms with E-state index in [0.29, 0.717) is 5.57 Å². The van der Waals surface area contributed by atoms with E-state index >= 15 is 0 Å². The Morgan fingerprint density at radius 1 is 0.613 bits per heavy atom. The number of hydrogen-bond donors (Lipinski definition) is 1. The second-order valence-electron chi connectivity index (χ2n) is 7.88. The number of carbonyl (C=O) groups is 1. The minimum atomic E-state index is -0.145. The fourth-order valence-electron chi connectivity index (χ4n) is 4.74. The molecule has 0 heterocycles. The zero-order valence-corrected chi connectivity index (χ0v) is 17.5. The number of Topliss-reactive ketones (excluding diaryl/α,β-unsaturated/α-hetero) is 1. The van der Waals surface area contributed by atoms with Crippen LogP contribution in [0, 0.1) is 0 Å². The Morgan fingerprint density at radius 3 is 1.65 bits per heavy atom. The third kappa shape index (κ3) is 3.00. The fourth-order valence-corrected chi connectivity index (χ4v) is 4.74. The van der Waals surface area contributed by atoms with Crippen molar-refractivity contribution in [2.75, 3.05) is 0 Å². The van der Waals surface area contributed by atoms with E-state index in [9.17, 15) is 9.90 Å². The second kappa shape index (κ2) is 7.41. The first-order chi connectivity index (χ1) is 15.1. The summed E-state index contributed by atoms with van der Waals surface area (Å²) in [4.78, 5) is 12.6. The van der Waals surface area contributed by atoms with Gasteiger partial charge in [-0.15, -0.1) is 0 Å². The lowest BCUT2D eigenvalue weighted by Gasteiger charge is -2.19. The summed E-state index contributed by atoms with van der Waals surface area (Å²) in [5.41, 5.74) is 3.47. The average molecular weight is 402 g/mol. The number of fused-ring (bicyclic) bond motifs is 3. The van der Waals surface area contributed by atoms with Crippen molar-refractivity contribution in [3.05, 3.63) is 102 Å². The molecule has 0 saturated carbocycles. The lowest BCUT2D eigenvalue weighted by atomic mass is 9.83. The first-order valence-corrected chi connectivity index (χ1v) is 10.4. The normalized spacial score (nSPS) is 12.3. The standard InChI is InChI=1S/C29H22O2/c1-18(30)27(19(2)31)29-25-15-7-5-13-23(25)28(24-14-6-8-16-26(24)29)22-17-9-11-20-10-3-4-12-21(20)22/h3-17,30H,1-2H3. The van der Waals surface area contributed by atoms with Gasteiger partial charge < -0.3 is 5.11 Å². The summed E-state index contributed by atoms with van der Waals surface area (Å²) in [6, 6.07) is 31.1. The van der Waals surface area contributed by atoms with Crippen molar-refractivity contribution >= 4 is 43.7 Å². The maximum atomic E-state index is 12.6. The van der Waals surface area contributed by atoms with E-state index in [1.54, 1.807) is 6.92 Å². The van der Waals surface area contributed by atoms with Gasteiger partial charge in [-0.2, -0.15) is 0 Å². The van der Waals surface area contributed by atoms with Crippen molar-refractivity contribution < 1.29 is 9.90 Å². The molecule has 0 bridgehead atoms. The molecule has 0 aliphatic rings. The summed E-state index contributed by atoms with van der Waals surface area (Å²) >= 11 is 0. The van der Waals surface area contributed by atoms with Gasteiger partial charge in [-0.3, -0.25) is 4.79 Å². The largest absolute Gasteiger partial charge is 0.512 e. The minimum absolute atomic E-state index is 0.0423. The first-order valence-electron chi connectivity index (χ1n) is 10.4. The smallest absolute Gasteiger partial charge is 0.163 e.